The van der Waals surface area contributed by atoms with Gasteiger partial charge in [-0.05, 0) is 23.8 Å². The van der Waals surface area contributed by atoms with Gasteiger partial charge in [-0.3, -0.25) is 4.79 Å². The van der Waals surface area contributed by atoms with Crippen molar-refractivity contribution in [2.75, 3.05) is 47.8 Å². The molecule has 1 aliphatic rings. The summed E-state index contributed by atoms with van der Waals surface area (Å²) in [6.45, 7) is 1.11. The molecule has 3 aromatic rings. The van der Waals surface area contributed by atoms with Crippen molar-refractivity contribution in [1.29, 1.82) is 0 Å². The molecule has 0 spiro atoms. The highest BCUT2D eigenvalue weighted by molar-refractivity contribution is 7.92. The topological polar surface area (TPSA) is 118 Å². The number of aromatic nitrogens is 2. The highest BCUT2D eigenvalue weighted by Crippen LogP contribution is 2.34. The summed E-state index contributed by atoms with van der Waals surface area (Å²) >= 11 is -1.22. The summed E-state index contributed by atoms with van der Waals surface area (Å²) in [5.74, 6) is 1.49. The van der Waals surface area contributed by atoms with Crippen molar-refractivity contribution < 1.29 is 14.1 Å². The SMILES string of the molecule is CN(C)Nc1nc(Nc2cc3c(cn2)COC3)cc(Nc2ccccc2N(C)[S+](C)[O-])c1C=O. The Morgan fingerprint density at radius 1 is 1.06 bits per heavy atom. The first-order valence-corrected chi connectivity index (χ1v) is 12.1. The number of hydrogen-bond acceptors (Lipinski definition) is 10. The summed E-state index contributed by atoms with van der Waals surface area (Å²) in [4.78, 5) is 21.2. The number of hydrazine groups is 1. The number of hydrogen-bond donors (Lipinski definition) is 3. The van der Waals surface area contributed by atoms with E-state index in [9.17, 15) is 9.35 Å². The Hall–Kier alpha value is -3.38. The fourth-order valence-electron chi connectivity index (χ4n) is 3.54. The second-order valence-corrected chi connectivity index (χ2v) is 9.36. The Morgan fingerprint density at radius 2 is 1.82 bits per heavy atom. The lowest BCUT2D eigenvalue weighted by atomic mass is 10.2. The number of ether oxygens (including phenoxy) is 1. The van der Waals surface area contributed by atoms with Crippen molar-refractivity contribution in [3.8, 4) is 0 Å². The molecule has 1 atom stereocenters. The van der Waals surface area contributed by atoms with Gasteiger partial charge in [0.05, 0.1) is 48.6 Å². The smallest absolute Gasteiger partial charge is 0.155 e. The summed E-state index contributed by atoms with van der Waals surface area (Å²) in [5, 5.41) is 8.26. The van der Waals surface area contributed by atoms with Crippen LogP contribution in [-0.4, -0.2) is 53.2 Å². The summed E-state index contributed by atoms with van der Waals surface area (Å²) in [6, 6.07) is 11.1. The lowest BCUT2D eigenvalue weighted by Gasteiger charge is -2.23. The van der Waals surface area contributed by atoms with Crippen LogP contribution in [0.3, 0.4) is 0 Å². The molecule has 1 unspecified atom stereocenters. The molecule has 0 fully saturated rings. The Balaban J connectivity index is 1.74. The molecule has 0 saturated carbocycles. The molecule has 1 aromatic carbocycles. The highest BCUT2D eigenvalue weighted by Gasteiger charge is 2.19. The maximum atomic E-state index is 12.1. The van der Waals surface area contributed by atoms with Crippen molar-refractivity contribution in [2.45, 2.75) is 13.2 Å². The van der Waals surface area contributed by atoms with E-state index in [1.807, 2.05) is 44.4 Å². The van der Waals surface area contributed by atoms with Gasteiger partial charge in [-0.2, -0.15) is 4.31 Å². The van der Waals surface area contributed by atoms with Crippen LogP contribution < -0.4 is 20.4 Å². The maximum Gasteiger partial charge on any atom is 0.155 e. The predicted molar refractivity (Wildman–Crippen MR) is 135 cm³/mol. The van der Waals surface area contributed by atoms with E-state index in [0.717, 1.165) is 23.1 Å². The van der Waals surface area contributed by atoms with Crippen molar-refractivity contribution in [2.24, 2.45) is 0 Å². The van der Waals surface area contributed by atoms with Gasteiger partial charge in [-0.25, -0.2) is 15.0 Å². The molecule has 178 valence electrons. The van der Waals surface area contributed by atoms with E-state index in [4.69, 9.17) is 4.74 Å². The van der Waals surface area contributed by atoms with E-state index < -0.39 is 11.4 Å². The zero-order chi connectivity index (χ0) is 24.2. The molecule has 2 aromatic heterocycles. The third-order valence-corrected chi connectivity index (χ3v) is 6.23. The third kappa shape index (κ3) is 5.23. The van der Waals surface area contributed by atoms with Gasteiger partial charge in [0.25, 0.3) is 0 Å². The van der Waals surface area contributed by atoms with Crippen LogP contribution in [0, 0.1) is 0 Å². The lowest BCUT2D eigenvalue weighted by molar-refractivity contribution is 0.112. The van der Waals surface area contributed by atoms with Crippen LogP contribution in [0.5, 0.6) is 0 Å². The van der Waals surface area contributed by atoms with Gasteiger partial charge in [0.2, 0.25) is 0 Å². The van der Waals surface area contributed by atoms with E-state index in [0.29, 0.717) is 47.6 Å². The number of nitrogens with zero attached hydrogens (tertiary/aromatic N) is 4. The Kier molecular flexibility index (Phi) is 7.17. The number of benzene rings is 1. The van der Waals surface area contributed by atoms with Crippen LogP contribution in [0.4, 0.5) is 34.5 Å². The van der Waals surface area contributed by atoms with E-state index in [1.54, 1.807) is 34.9 Å². The molecule has 4 rings (SSSR count). The molecule has 1 aliphatic heterocycles. The van der Waals surface area contributed by atoms with Gasteiger partial charge >= 0.3 is 0 Å². The van der Waals surface area contributed by atoms with E-state index >= 15 is 0 Å². The number of aldehydes is 1. The number of anilines is 6. The molecule has 0 saturated heterocycles. The van der Waals surface area contributed by atoms with Crippen molar-refractivity contribution >= 4 is 52.2 Å². The minimum atomic E-state index is -1.22. The molecular formula is C23H27N7O3S. The van der Waals surface area contributed by atoms with Crippen LogP contribution in [0.2, 0.25) is 0 Å². The number of pyridine rings is 2. The molecule has 34 heavy (non-hydrogen) atoms. The normalized spacial score (nSPS) is 13.4. The van der Waals surface area contributed by atoms with Crippen molar-refractivity contribution in [3.63, 3.8) is 0 Å². The van der Waals surface area contributed by atoms with Gasteiger partial charge in [-0.15, -0.1) is 0 Å². The first-order valence-electron chi connectivity index (χ1n) is 10.6. The fourth-order valence-corrected chi connectivity index (χ4v) is 3.97. The summed E-state index contributed by atoms with van der Waals surface area (Å²) in [7, 11) is 5.37. The first kappa shape index (κ1) is 23.8. The largest absolute Gasteiger partial charge is 0.593 e. The lowest BCUT2D eigenvalue weighted by Crippen LogP contribution is -2.25. The third-order valence-electron chi connectivity index (χ3n) is 5.26. The van der Waals surface area contributed by atoms with E-state index in [2.05, 4.69) is 26.0 Å². The average molecular weight is 482 g/mol. The minimum Gasteiger partial charge on any atom is -0.593 e. The zero-order valence-corrected chi connectivity index (χ0v) is 20.3. The summed E-state index contributed by atoms with van der Waals surface area (Å²) < 4.78 is 19.2. The Bertz CT molecular complexity index is 1190. The first-order chi connectivity index (χ1) is 16.4. The van der Waals surface area contributed by atoms with Gasteiger partial charge in [0.15, 0.2) is 12.1 Å². The van der Waals surface area contributed by atoms with Crippen LogP contribution in [0.15, 0.2) is 42.6 Å². The van der Waals surface area contributed by atoms with Gasteiger partial charge in [-0.1, -0.05) is 12.1 Å². The Morgan fingerprint density at radius 3 is 2.56 bits per heavy atom. The maximum absolute atomic E-state index is 12.1. The molecule has 10 nitrogen and oxygen atoms in total. The van der Waals surface area contributed by atoms with Crippen LogP contribution in [-0.2, 0) is 29.3 Å². The quantitative estimate of drug-likeness (QED) is 0.238. The molecule has 11 heteroatoms. The van der Waals surface area contributed by atoms with Gasteiger partial charge in [0, 0.05) is 31.9 Å². The standard InChI is InChI=1S/C23H27N7O3S/c1-29(2)28-23-17(12-31)19(25-18-7-5-6-8-20(18)30(3)34(4)32)10-22(27-23)26-21-9-15-13-33-14-16(15)11-24-21/h5-12H,13-14H2,1-4H3,(H3,24,25,26,27,28). The molecule has 3 N–H and O–H groups in total. The number of carbonyl (C=O) groups excluding carboxylic acids is 1. The van der Waals surface area contributed by atoms with Crippen molar-refractivity contribution in [3.05, 3.63) is 59.3 Å². The molecule has 3 heterocycles. The molecule has 0 aliphatic carbocycles. The molecule has 0 amide bonds. The molecular weight excluding hydrogens is 454 g/mol. The van der Waals surface area contributed by atoms with Gasteiger partial charge < -0.3 is 25.3 Å². The van der Waals surface area contributed by atoms with E-state index in [-0.39, 0.29) is 0 Å². The fraction of sp³-hybridized carbons (Fsp3) is 0.261. The van der Waals surface area contributed by atoms with Crippen molar-refractivity contribution in [1.82, 2.24) is 15.0 Å². The second kappa shape index (κ2) is 10.3. The van der Waals surface area contributed by atoms with E-state index in [1.165, 1.54) is 0 Å². The number of fused-ring (bicyclic) bond motifs is 1. The predicted octanol–water partition coefficient (Wildman–Crippen LogP) is 3.42. The number of para-hydroxylation sites is 2. The van der Waals surface area contributed by atoms with Crippen LogP contribution in [0.25, 0.3) is 0 Å². The highest BCUT2D eigenvalue weighted by atomic mass is 32.2. The minimum absolute atomic E-state index is 0.352. The summed E-state index contributed by atoms with van der Waals surface area (Å²) in [6.07, 6.45) is 4.15. The number of carbonyl (C=O) groups is 1. The second-order valence-electron chi connectivity index (χ2n) is 7.96. The number of rotatable bonds is 9. The van der Waals surface area contributed by atoms with Gasteiger partial charge in [0.1, 0.15) is 23.6 Å². The molecule has 0 radical (unpaired) electrons. The van der Waals surface area contributed by atoms with Crippen LogP contribution >= 0.6 is 0 Å². The van der Waals surface area contributed by atoms with Crippen LogP contribution in [0.1, 0.15) is 21.5 Å². The molecule has 0 bridgehead atoms. The average Bonchev–Trinajstić information content (AvgIpc) is 3.26. The monoisotopic (exact) mass is 481 g/mol. The summed E-state index contributed by atoms with van der Waals surface area (Å²) in [5.41, 5.74) is 7.55. The number of nitrogens with one attached hydrogen (secondary N) is 3. The Labute approximate surface area is 201 Å². The zero-order valence-electron chi connectivity index (χ0n) is 19.5.